The SMILES string of the molecule is Clc1ccc(Cc2nccc(OC3CCN(Cc4nc5cc(-c6nnn[nH]6)ccc5n4C[C@@H]4CCO4)CC3)n2)cc1. The zero-order valence-electron chi connectivity index (χ0n) is 22.5. The minimum absolute atomic E-state index is 0.116. The molecule has 7 rings (SSSR count). The van der Waals surface area contributed by atoms with Gasteiger partial charge in [-0.15, -0.1) is 5.10 Å². The van der Waals surface area contributed by atoms with Crippen LogP contribution < -0.4 is 4.74 Å². The average Bonchev–Trinajstić information content (AvgIpc) is 3.61. The molecule has 0 amide bonds. The van der Waals surface area contributed by atoms with Gasteiger partial charge >= 0.3 is 0 Å². The molecule has 12 heteroatoms. The van der Waals surface area contributed by atoms with Crippen LogP contribution in [0, 0.1) is 0 Å². The first-order chi connectivity index (χ1) is 20.2. The van der Waals surface area contributed by atoms with E-state index in [2.05, 4.69) is 46.1 Å². The van der Waals surface area contributed by atoms with Gasteiger partial charge in [-0.05, 0) is 65.6 Å². The maximum atomic E-state index is 6.29. The third kappa shape index (κ3) is 5.92. The third-order valence-corrected chi connectivity index (χ3v) is 8.02. The minimum atomic E-state index is 0.116. The largest absolute Gasteiger partial charge is 0.474 e. The van der Waals surface area contributed by atoms with Gasteiger partial charge in [0.05, 0.1) is 30.2 Å². The summed E-state index contributed by atoms with van der Waals surface area (Å²) in [7, 11) is 0. The van der Waals surface area contributed by atoms with Crippen molar-refractivity contribution in [2.24, 2.45) is 0 Å². The zero-order chi connectivity index (χ0) is 27.6. The van der Waals surface area contributed by atoms with Crippen molar-refractivity contribution in [1.29, 1.82) is 0 Å². The number of hydrogen-bond acceptors (Lipinski definition) is 9. The third-order valence-electron chi connectivity index (χ3n) is 7.77. The normalized spacial score (nSPS) is 18.0. The fraction of sp³-hybridized carbons (Fsp3) is 0.379. The van der Waals surface area contributed by atoms with E-state index in [1.54, 1.807) is 6.20 Å². The molecule has 0 bridgehead atoms. The number of aromatic amines is 1. The van der Waals surface area contributed by atoms with Gasteiger partial charge in [0.1, 0.15) is 17.8 Å². The number of imidazole rings is 1. The van der Waals surface area contributed by atoms with Gasteiger partial charge in [0.15, 0.2) is 5.82 Å². The van der Waals surface area contributed by atoms with E-state index in [4.69, 9.17) is 26.1 Å². The molecule has 1 N–H and O–H groups in total. The van der Waals surface area contributed by atoms with Crippen LogP contribution in [0.1, 0.15) is 36.5 Å². The van der Waals surface area contributed by atoms with Crippen LogP contribution in [0.15, 0.2) is 54.7 Å². The molecule has 0 radical (unpaired) electrons. The van der Waals surface area contributed by atoms with E-state index in [9.17, 15) is 0 Å². The summed E-state index contributed by atoms with van der Waals surface area (Å²) in [5.41, 5.74) is 4.06. The Hall–Kier alpha value is -3.93. The first-order valence-electron chi connectivity index (χ1n) is 14.0. The van der Waals surface area contributed by atoms with Crippen molar-refractivity contribution in [2.45, 2.75) is 51.0 Å². The fourth-order valence-corrected chi connectivity index (χ4v) is 5.56. The molecule has 11 nitrogen and oxygen atoms in total. The number of benzene rings is 2. The van der Waals surface area contributed by atoms with E-state index in [0.29, 0.717) is 18.1 Å². The standard InChI is InChI=1S/C29H30ClN9O2/c30-21-4-1-19(2-5-21)15-26-31-11-7-28(33-26)41-22-8-12-38(13-9-22)18-27-32-24-16-20(29-34-36-37-35-29)3-6-25(24)39(27)17-23-10-14-40-23/h1-7,11,16,22-23H,8-10,12-15,17-18H2,(H,34,35,36,37)/t23-/m0/s1. The smallest absolute Gasteiger partial charge is 0.216 e. The molecule has 1 atom stereocenters. The molecule has 2 aliphatic heterocycles. The number of aromatic nitrogens is 8. The predicted molar refractivity (Wildman–Crippen MR) is 152 cm³/mol. The number of ether oxygens (including phenoxy) is 2. The number of fused-ring (bicyclic) bond motifs is 1. The lowest BCUT2D eigenvalue weighted by Gasteiger charge is -2.32. The quantitative estimate of drug-likeness (QED) is 0.279. The lowest BCUT2D eigenvalue weighted by molar-refractivity contribution is -0.0592. The Morgan fingerprint density at radius 3 is 2.63 bits per heavy atom. The molecule has 5 heterocycles. The number of tetrazole rings is 1. The fourth-order valence-electron chi connectivity index (χ4n) is 5.44. The van der Waals surface area contributed by atoms with Gasteiger partial charge in [-0.3, -0.25) is 4.90 Å². The Morgan fingerprint density at radius 2 is 1.88 bits per heavy atom. The van der Waals surface area contributed by atoms with E-state index in [1.165, 1.54) is 0 Å². The van der Waals surface area contributed by atoms with Gasteiger partial charge in [0, 0.05) is 49.0 Å². The van der Waals surface area contributed by atoms with Crippen LogP contribution in [0.4, 0.5) is 0 Å². The molecule has 5 aromatic rings. The summed E-state index contributed by atoms with van der Waals surface area (Å²) in [6, 6.07) is 15.8. The van der Waals surface area contributed by atoms with Crippen molar-refractivity contribution in [3.63, 3.8) is 0 Å². The van der Waals surface area contributed by atoms with Gasteiger partial charge < -0.3 is 14.0 Å². The van der Waals surface area contributed by atoms with E-state index in [1.807, 2.05) is 42.5 Å². The highest BCUT2D eigenvalue weighted by atomic mass is 35.5. The van der Waals surface area contributed by atoms with Crippen LogP contribution in [0.3, 0.4) is 0 Å². The molecular formula is C29H30ClN9O2. The van der Waals surface area contributed by atoms with Crippen molar-refractivity contribution < 1.29 is 9.47 Å². The maximum Gasteiger partial charge on any atom is 0.216 e. The number of nitrogens with zero attached hydrogens (tertiary/aromatic N) is 8. The number of rotatable bonds is 9. The minimum Gasteiger partial charge on any atom is -0.474 e. The van der Waals surface area contributed by atoms with Crippen LogP contribution in [0.25, 0.3) is 22.4 Å². The van der Waals surface area contributed by atoms with Crippen LogP contribution in [0.5, 0.6) is 5.88 Å². The number of piperidine rings is 1. The summed E-state index contributed by atoms with van der Waals surface area (Å²) in [5.74, 6) is 3.04. The summed E-state index contributed by atoms with van der Waals surface area (Å²) in [6.45, 7) is 4.25. The van der Waals surface area contributed by atoms with E-state index < -0.39 is 0 Å². The highest BCUT2D eigenvalue weighted by Gasteiger charge is 2.26. The second-order valence-corrected chi connectivity index (χ2v) is 11.0. The lowest BCUT2D eigenvalue weighted by Crippen LogP contribution is -2.39. The summed E-state index contributed by atoms with van der Waals surface area (Å²) in [4.78, 5) is 16.6. The van der Waals surface area contributed by atoms with Crippen LogP contribution in [0.2, 0.25) is 5.02 Å². The molecule has 0 spiro atoms. The highest BCUT2D eigenvalue weighted by molar-refractivity contribution is 6.30. The Morgan fingerprint density at radius 1 is 1.02 bits per heavy atom. The van der Waals surface area contributed by atoms with E-state index >= 15 is 0 Å². The first-order valence-corrected chi connectivity index (χ1v) is 14.3. The molecule has 3 aromatic heterocycles. The predicted octanol–water partition coefficient (Wildman–Crippen LogP) is 4.08. The maximum absolute atomic E-state index is 6.29. The molecule has 41 heavy (non-hydrogen) atoms. The van der Waals surface area contributed by atoms with Crippen LogP contribution in [-0.2, 0) is 24.2 Å². The number of hydrogen-bond donors (Lipinski definition) is 1. The number of halogens is 1. The molecule has 0 unspecified atom stereocenters. The van der Waals surface area contributed by atoms with Crippen molar-refractivity contribution in [3.05, 3.63) is 77.0 Å². The molecule has 0 saturated carbocycles. The highest BCUT2D eigenvalue weighted by Crippen LogP contribution is 2.27. The van der Waals surface area contributed by atoms with Gasteiger partial charge in [-0.25, -0.2) is 15.1 Å². The van der Waals surface area contributed by atoms with Gasteiger partial charge in [0.25, 0.3) is 0 Å². The van der Waals surface area contributed by atoms with Crippen molar-refractivity contribution in [1.82, 2.24) is 45.0 Å². The summed E-state index contributed by atoms with van der Waals surface area (Å²) >= 11 is 6.01. The van der Waals surface area contributed by atoms with Gasteiger partial charge in [-0.2, -0.15) is 4.98 Å². The Balaban J connectivity index is 1.00. The lowest BCUT2D eigenvalue weighted by atomic mass is 10.1. The van der Waals surface area contributed by atoms with Crippen molar-refractivity contribution in [3.8, 4) is 17.3 Å². The monoisotopic (exact) mass is 571 g/mol. The second kappa shape index (κ2) is 11.5. The van der Waals surface area contributed by atoms with E-state index in [0.717, 1.165) is 90.9 Å². The summed E-state index contributed by atoms with van der Waals surface area (Å²) in [6.07, 6.45) is 5.68. The topological polar surface area (TPSA) is 120 Å². The molecule has 2 fully saturated rings. The van der Waals surface area contributed by atoms with E-state index in [-0.39, 0.29) is 12.2 Å². The molecule has 0 aliphatic carbocycles. The Bertz CT molecular complexity index is 1610. The first kappa shape index (κ1) is 26.0. The molecule has 210 valence electrons. The van der Waals surface area contributed by atoms with Crippen LogP contribution >= 0.6 is 11.6 Å². The Kier molecular flexibility index (Phi) is 7.30. The number of nitrogens with one attached hydrogen (secondary N) is 1. The molecular weight excluding hydrogens is 542 g/mol. The number of H-pyrrole nitrogens is 1. The van der Waals surface area contributed by atoms with Crippen LogP contribution in [-0.4, -0.2) is 76.9 Å². The number of likely N-dealkylation sites (tertiary alicyclic amines) is 1. The zero-order valence-corrected chi connectivity index (χ0v) is 23.2. The Labute approximate surface area is 241 Å². The average molecular weight is 572 g/mol. The molecule has 2 aromatic carbocycles. The van der Waals surface area contributed by atoms with Gasteiger partial charge in [-0.1, -0.05) is 23.7 Å². The van der Waals surface area contributed by atoms with Gasteiger partial charge in [0.2, 0.25) is 5.88 Å². The van der Waals surface area contributed by atoms with Crippen molar-refractivity contribution >= 4 is 22.6 Å². The summed E-state index contributed by atoms with van der Waals surface area (Å²) in [5, 5.41) is 15.0. The second-order valence-electron chi connectivity index (χ2n) is 10.6. The molecule has 2 aliphatic rings. The summed E-state index contributed by atoms with van der Waals surface area (Å²) < 4.78 is 14.4. The van der Waals surface area contributed by atoms with Crippen molar-refractivity contribution in [2.75, 3.05) is 19.7 Å². The molecule has 2 saturated heterocycles.